The van der Waals surface area contributed by atoms with Gasteiger partial charge in [0.2, 0.25) is 5.95 Å². The van der Waals surface area contributed by atoms with Gasteiger partial charge >= 0.3 is 0 Å². The molecule has 1 unspecified atom stereocenters. The van der Waals surface area contributed by atoms with Gasteiger partial charge in [0, 0.05) is 30.6 Å². The van der Waals surface area contributed by atoms with Crippen molar-refractivity contribution in [3.8, 4) is 0 Å². The van der Waals surface area contributed by atoms with E-state index >= 15 is 0 Å². The fraction of sp³-hybridized carbons (Fsp3) is 0.522. The zero-order valence-electron chi connectivity index (χ0n) is 18.2. The standard InChI is InChI=1S/C23H32N6O/c1-23(2,3)20-11-12-21(30)29(27-20)15-14-28-13-7-6-8-17(28)16-24-22-25-18-9-4-5-10-19(18)26-22/h4-5,9-12,17H,6-8,13-16H2,1-3H3,(H2,24,25,26). The lowest BCUT2D eigenvalue weighted by molar-refractivity contribution is 0.147. The lowest BCUT2D eigenvalue weighted by Crippen LogP contribution is -2.45. The molecule has 4 rings (SSSR count). The zero-order valence-corrected chi connectivity index (χ0v) is 18.2. The molecular weight excluding hydrogens is 376 g/mol. The molecule has 2 N–H and O–H groups in total. The van der Waals surface area contributed by atoms with Crippen LogP contribution < -0.4 is 10.9 Å². The van der Waals surface area contributed by atoms with E-state index in [1.165, 1.54) is 12.8 Å². The molecule has 0 radical (unpaired) electrons. The van der Waals surface area contributed by atoms with Crippen LogP contribution in [-0.2, 0) is 12.0 Å². The van der Waals surface area contributed by atoms with E-state index in [0.29, 0.717) is 12.6 Å². The average Bonchev–Trinajstić information content (AvgIpc) is 3.14. The molecule has 1 fully saturated rings. The summed E-state index contributed by atoms with van der Waals surface area (Å²) in [5, 5.41) is 8.10. The van der Waals surface area contributed by atoms with Crippen LogP contribution in [-0.4, -0.2) is 50.3 Å². The van der Waals surface area contributed by atoms with Gasteiger partial charge in [-0.05, 0) is 37.6 Å². The van der Waals surface area contributed by atoms with Gasteiger partial charge in [-0.15, -0.1) is 0 Å². The van der Waals surface area contributed by atoms with E-state index < -0.39 is 0 Å². The van der Waals surface area contributed by atoms with Gasteiger partial charge in [-0.3, -0.25) is 9.69 Å². The van der Waals surface area contributed by atoms with E-state index in [4.69, 9.17) is 0 Å². The summed E-state index contributed by atoms with van der Waals surface area (Å²) in [4.78, 5) is 22.7. The highest BCUT2D eigenvalue weighted by molar-refractivity contribution is 5.77. The number of nitrogens with zero attached hydrogens (tertiary/aromatic N) is 4. The third-order valence-electron chi connectivity index (χ3n) is 5.88. The molecule has 3 heterocycles. The smallest absolute Gasteiger partial charge is 0.266 e. The number of fused-ring (bicyclic) bond motifs is 1. The fourth-order valence-corrected chi connectivity index (χ4v) is 4.07. The molecule has 0 amide bonds. The summed E-state index contributed by atoms with van der Waals surface area (Å²) in [7, 11) is 0. The van der Waals surface area contributed by atoms with Gasteiger partial charge < -0.3 is 10.3 Å². The quantitative estimate of drug-likeness (QED) is 0.654. The third kappa shape index (κ3) is 4.73. The molecule has 0 bridgehead atoms. The summed E-state index contributed by atoms with van der Waals surface area (Å²) in [6.45, 7) is 9.69. The lowest BCUT2D eigenvalue weighted by atomic mass is 9.92. The first-order valence-electron chi connectivity index (χ1n) is 10.9. The second kappa shape index (κ2) is 8.60. The van der Waals surface area contributed by atoms with Crippen LogP contribution >= 0.6 is 0 Å². The summed E-state index contributed by atoms with van der Waals surface area (Å²) in [5.41, 5.74) is 2.87. The largest absolute Gasteiger partial charge is 0.354 e. The number of hydrogen-bond donors (Lipinski definition) is 2. The number of aromatic amines is 1. The first kappa shape index (κ1) is 20.6. The van der Waals surface area contributed by atoms with Crippen molar-refractivity contribution in [1.29, 1.82) is 0 Å². The lowest BCUT2D eigenvalue weighted by Gasteiger charge is -2.35. The first-order chi connectivity index (χ1) is 14.4. The highest BCUT2D eigenvalue weighted by Crippen LogP contribution is 2.20. The number of benzene rings is 1. The summed E-state index contributed by atoms with van der Waals surface area (Å²) < 4.78 is 1.62. The van der Waals surface area contributed by atoms with Crippen LogP contribution in [0, 0.1) is 0 Å². The molecule has 1 atom stereocenters. The maximum Gasteiger partial charge on any atom is 0.266 e. The molecule has 1 saturated heterocycles. The Morgan fingerprint density at radius 2 is 1.97 bits per heavy atom. The van der Waals surface area contributed by atoms with Gasteiger partial charge in [0.05, 0.1) is 23.3 Å². The van der Waals surface area contributed by atoms with Crippen LogP contribution in [0.1, 0.15) is 45.7 Å². The Morgan fingerprint density at radius 1 is 1.13 bits per heavy atom. The molecule has 0 spiro atoms. The molecular formula is C23H32N6O. The molecule has 30 heavy (non-hydrogen) atoms. The Hall–Kier alpha value is -2.67. The summed E-state index contributed by atoms with van der Waals surface area (Å²) in [6.07, 6.45) is 3.59. The van der Waals surface area contributed by atoms with Gasteiger partial charge in [-0.2, -0.15) is 5.10 Å². The summed E-state index contributed by atoms with van der Waals surface area (Å²) >= 11 is 0. The van der Waals surface area contributed by atoms with Crippen LogP contribution in [0.25, 0.3) is 11.0 Å². The van der Waals surface area contributed by atoms with Gasteiger partial charge in [0.1, 0.15) is 0 Å². The third-order valence-corrected chi connectivity index (χ3v) is 5.88. The Kier molecular flexibility index (Phi) is 5.90. The number of para-hydroxylation sites is 2. The highest BCUT2D eigenvalue weighted by Gasteiger charge is 2.23. The van der Waals surface area contributed by atoms with Crippen molar-refractivity contribution in [2.24, 2.45) is 0 Å². The average molecular weight is 409 g/mol. The number of anilines is 1. The fourth-order valence-electron chi connectivity index (χ4n) is 4.07. The molecule has 0 aliphatic carbocycles. The molecule has 0 saturated carbocycles. The van der Waals surface area contributed by atoms with Crippen molar-refractivity contribution in [3.05, 3.63) is 52.4 Å². The Bertz CT molecular complexity index is 1010. The van der Waals surface area contributed by atoms with Crippen LogP contribution in [0.4, 0.5) is 5.95 Å². The molecule has 7 heteroatoms. The van der Waals surface area contributed by atoms with E-state index in [2.05, 4.69) is 46.1 Å². The predicted molar refractivity (Wildman–Crippen MR) is 121 cm³/mol. The molecule has 2 aromatic heterocycles. The second-order valence-corrected chi connectivity index (χ2v) is 9.20. The topological polar surface area (TPSA) is 78.8 Å². The van der Waals surface area contributed by atoms with E-state index in [1.807, 2.05) is 30.3 Å². The van der Waals surface area contributed by atoms with Crippen molar-refractivity contribution in [3.63, 3.8) is 0 Å². The van der Waals surface area contributed by atoms with E-state index in [1.54, 1.807) is 10.7 Å². The number of nitrogens with one attached hydrogen (secondary N) is 2. The minimum atomic E-state index is -0.0698. The normalized spacial score (nSPS) is 18.0. The molecule has 1 aliphatic heterocycles. The Balaban J connectivity index is 1.40. The maximum atomic E-state index is 12.3. The van der Waals surface area contributed by atoms with E-state index in [0.717, 1.165) is 48.7 Å². The Morgan fingerprint density at radius 3 is 2.77 bits per heavy atom. The number of rotatable bonds is 6. The first-order valence-corrected chi connectivity index (χ1v) is 10.9. The molecule has 160 valence electrons. The SMILES string of the molecule is CC(C)(C)c1ccc(=O)n(CCN2CCCCC2CNc2nc3ccccc3[nH]2)n1. The van der Waals surface area contributed by atoms with E-state index in [-0.39, 0.29) is 11.0 Å². The maximum absolute atomic E-state index is 12.3. The molecule has 7 nitrogen and oxygen atoms in total. The minimum absolute atomic E-state index is 0.0306. The monoisotopic (exact) mass is 408 g/mol. The van der Waals surface area contributed by atoms with Crippen LogP contribution in [0.15, 0.2) is 41.2 Å². The second-order valence-electron chi connectivity index (χ2n) is 9.20. The number of aromatic nitrogens is 4. The van der Waals surface area contributed by atoms with Gasteiger partial charge in [-0.1, -0.05) is 39.3 Å². The number of hydrogen-bond acceptors (Lipinski definition) is 5. The minimum Gasteiger partial charge on any atom is -0.354 e. The van der Waals surface area contributed by atoms with Crippen molar-refractivity contribution in [1.82, 2.24) is 24.6 Å². The summed E-state index contributed by atoms with van der Waals surface area (Å²) in [5.74, 6) is 0.817. The van der Waals surface area contributed by atoms with Crippen molar-refractivity contribution in [2.75, 3.05) is 25.0 Å². The van der Waals surface area contributed by atoms with Crippen molar-refractivity contribution < 1.29 is 0 Å². The van der Waals surface area contributed by atoms with Crippen LogP contribution in [0.2, 0.25) is 0 Å². The molecule has 1 aliphatic rings. The van der Waals surface area contributed by atoms with Gasteiger partial charge in [-0.25, -0.2) is 9.67 Å². The molecule has 1 aromatic carbocycles. The number of H-pyrrole nitrogens is 1. The predicted octanol–water partition coefficient (Wildman–Crippen LogP) is 3.38. The van der Waals surface area contributed by atoms with Crippen molar-refractivity contribution >= 4 is 17.0 Å². The van der Waals surface area contributed by atoms with Crippen LogP contribution in [0.5, 0.6) is 0 Å². The molecule has 3 aromatic rings. The number of likely N-dealkylation sites (tertiary alicyclic amines) is 1. The van der Waals surface area contributed by atoms with Crippen molar-refractivity contribution in [2.45, 2.75) is 58.0 Å². The number of imidazole rings is 1. The Labute approximate surface area is 177 Å². The van der Waals surface area contributed by atoms with Gasteiger partial charge in [0.15, 0.2) is 0 Å². The zero-order chi connectivity index (χ0) is 21.1. The van der Waals surface area contributed by atoms with E-state index in [9.17, 15) is 4.79 Å². The van der Waals surface area contributed by atoms with Crippen LogP contribution in [0.3, 0.4) is 0 Å². The number of piperidine rings is 1. The summed E-state index contributed by atoms with van der Waals surface area (Å²) in [6, 6.07) is 12.0. The van der Waals surface area contributed by atoms with Gasteiger partial charge in [0.25, 0.3) is 5.56 Å². The highest BCUT2D eigenvalue weighted by atomic mass is 16.1.